The molecular weight excluding hydrogens is 330 g/mol. The number of pyridine rings is 1. The highest BCUT2D eigenvalue weighted by atomic mass is 16.5. The van der Waals surface area contributed by atoms with Gasteiger partial charge in [0.05, 0.1) is 41.1 Å². The van der Waals surface area contributed by atoms with Crippen molar-refractivity contribution in [1.29, 1.82) is 5.26 Å². The van der Waals surface area contributed by atoms with Crippen molar-refractivity contribution in [3.63, 3.8) is 0 Å². The van der Waals surface area contributed by atoms with Gasteiger partial charge in [0, 0.05) is 19.4 Å². The zero-order valence-electron chi connectivity index (χ0n) is 14.4. The van der Waals surface area contributed by atoms with Crippen LogP contribution in [0.5, 0.6) is 5.88 Å². The lowest BCUT2D eigenvalue weighted by atomic mass is 9.86. The Morgan fingerprint density at radius 1 is 1.38 bits per heavy atom. The van der Waals surface area contributed by atoms with Gasteiger partial charge < -0.3 is 15.0 Å². The molecule has 0 amide bonds. The molecule has 4 rings (SSSR count). The van der Waals surface area contributed by atoms with Crippen molar-refractivity contribution in [2.45, 2.75) is 19.3 Å². The third-order valence-electron chi connectivity index (χ3n) is 4.48. The molecule has 26 heavy (non-hydrogen) atoms. The Bertz CT molecular complexity index is 1020. The Hall–Kier alpha value is -3.60. The van der Waals surface area contributed by atoms with Crippen LogP contribution in [-0.2, 0) is 13.5 Å². The fourth-order valence-electron chi connectivity index (χ4n) is 3.24. The Morgan fingerprint density at radius 3 is 2.85 bits per heavy atom. The summed E-state index contributed by atoms with van der Waals surface area (Å²) in [4.78, 5) is 8.63. The first-order chi connectivity index (χ1) is 12.6. The summed E-state index contributed by atoms with van der Waals surface area (Å²) >= 11 is 0. The Morgan fingerprint density at radius 2 is 2.23 bits per heavy atom. The minimum atomic E-state index is -0.399. The Labute approximate surface area is 150 Å². The summed E-state index contributed by atoms with van der Waals surface area (Å²) in [5.74, 6) is 0.254. The molecule has 8 nitrogen and oxygen atoms in total. The molecule has 0 spiro atoms. The van der Waals surface area contributed by atoms with E-state index >= 15 is 0 Å². The van der Waals surface area contributed by atoms with E-state index in [0.29, 0.717) is 11.5 Å². The number of aromatic nitrogens is 5. The van der Waals surface area contributed by atoms with Crippen LogP contribution in [0.1, 0.15) is 29.8 Å². The van der Waals surface area contributed by atoms with E-state index in [4.69, 9.17) is 10.5 Å². The van der Waals surface area contributed by atoms with Crippen molar-refractivity contribution in [1.82, 2.24) is 24.3 Å². The standard InChI is InChI=1S/C18H17N7O/c1-3-13-16-15(12(8-19)17(20)26-18(16)24(2)23-13)14-5-4-11(9-22-14)25-7-6-21-10-25/h4-7,9-10,15H,3,20H2,1-2H3. The van der Waals surface area contributed by atoms with E-state index in [1.54, 1.807) is 30.5 Å². The monoisotopic (exact) mass is 347 g/mol. The molecule has 0 bridgehead atoms. The van der Waals surface area contributed by atoms with E-state index in [2.05, 4.69) is 21.1 Å². The van der Waals surface area contributed by atoms with Crippen LogP contribution in [0.25, 0.3) is 5.69 Å². The Balaban J connectivity index is 1.85. The van der Waals surface area contributed by atoms with Gasteiger partial charge in [0.2, 0.25) is 11.8 Å². The molecule has 4 heterocycles. The van der Waals surface area contributed by atoms with Crippen LogP contribution in [0.3, 0.4) is 0 Å². The molecule has 8 heteroatoms. The van der Waals surface area contributed by atoms with Gasteiger partial charge in [-0.25, -0.2) is 9.67 Å². The molecule has 3 aromatic heterocycles. The maximum Gasteiger partial charge on any atom is 0.224 e. The number of ether oxygens (including phenoxy) is 1. The molecule has 0 saturated heterocycles. The third-order valence-corrected chi connectivity index (χ3v) is 4.48. The van der Waals surface area contributed by atoms with Gasteiger partial charge in [-0.2, -0.15) is 10.4 Å². The molecular formula is C18H17N7O. The van der Waals surface area contributed by atoms with E-state index in [1.165, 1.54) is 0 Å². The predicted octanol–water partition coefficient (Wildman–Crippen LogP) is 1.78. The van der Waals surface area contributed by atoms with Gasteiger partial charge >= 0.3 is 0 Å². The number of nitrogens with two attached hydrogens (primary N) is 1. The molecule has 2 N–H and O–H groups in total. The van der Waals surface area contributed by atoms with Crippen LogP contribution in [0, 0.1) is 11.3 Å². The summed E-state index contributed by atoms with van der Waals surface area (Å²) < 4.78 is 9.20. The second kappa shape index (κ2) is 6.04. The maximum absolute atomic E-state index is 9.66. The van der Waals surface area contributed by atoms with E-state index in [9.17, 15) is 5.26 Å². The van der Waals surface area contributed by atoms with E-state index in [0.717, 1.165) is 29.1 Å². The zero-order valence-corrected chi connectivity index (χ0v) is 14.4. The molecule has 130 valence electrons. The molecule has 0 aromatic carbocycles. The lowest BCUT2D eigenvalue weighted by Crippen LogP contribution is -2.22. The minimum Gasteiger partial charge on any atom is -0.422 e. The van der Waals surface area contributed by atoms with Crippen LogP contribution in [-0.4, -0.2) is 24.3 Å². The summed E-state index contributed by atoms with van der Waals surface area (Å²) in [7, 11) is 1.80. The highest BCUT2D eigenvalue weighted by Gasteiger charge is 2.36. The number of nitrogens with zero attached hydrogens (tertiary/aromatic N) is 6. The number of fused-ring (bicyclic) bond motifs is 1. The van der Waals surface area contributed by atoms with Crippen molar-refractivity contribution in [2.24, 2.45) is 12.8 Å². The first-order valence-electron chi connectivity index (χ1n) is 8.21. The third kappa shape index (κ3) is 2.33. The fraction of sp³-hybridized carbons (Fsp3) is 0.222. The summed E-state index contributed by atoms with van der Waals surface area (Å²) in [5, 5.41) is 14.2. The SMILES string of the molecule is CCc1nn(C)c2c1C(c1ccc(-n3ccnc3)cn1)C(C#N)=C(N)O2. The average molecular weight is 347 g/mol. The minimum absolute atomic E-state index is 0.0936. The number of imidazole rings is 1. The zero-order chi connectivity index (χ0) is 18.3. The maximum atomic E-state index is 9.66. The molecule has 1 aliphatic heterocycles. The van der Waals surface area contributed by atoms with Gasteiger partial charge in [0.15, 0.2) is 0 Å². The fourth-order valence-corrected chi connectivity index (χ4v) is 3.24. The number of aryl methyl sites for hydroxylation is 2. The molecule has 3 aromatic rings. The van der Waals surface area contributed by atoms with Gasteiger partial charge in [-0.15, -0.1) is 0 Å². The van der Waals surface area contributed by atoms with E-state index in [1.807, 2.05) is 29.8 Å². The van der Waals surface area contributed by atoms with Crippen molar-refractivity contribution >= 4 is 0 Å². The quantitative estimate of drug-likeness (QED) is 0.774. The summed E-state index contributed by atoms with van der Waals surface area (Å²) in [6.07, 6.45) is 7.73. The van der Waals surface area contributed by atoms with E-state index in [-0.39, 0.29) is 5.88 Å². The summed E-state index contributed by atoms with van der Waals surface area (Å²) in [6.45, 7) is 2.02. The van der Waals surface area contributed by atoms with Crippen LogP contribution in [0.15, 0.2) is 48.5 Å². The van der Waals surface area contributed by atoms with Gasteiger partial charge in [-0.05, 0) is 18.6 Å². The summed E-state index contributed by atoms with van der Waals surface area (Å²) in [5.41, 5.74) is 9.69. The number of hydrogen-bond donors (Lipinski definition) is 1. The topological polar surface area (TPSA) is 108 Å². The van der Waals surface area contributed by atoms with Crippen LogP contribution in [0.4, 0.5) is 0 Å². The van der Waals surface area contributed by atoms with Crippen LogP contribution in [0.2, 0.25) is 0 Å². The number of allylic oxidation sites excluding steroid dienone is 1. The van der Waals surface area contributed by atoms with Crippen LogP contribution >= 0.6 is 0 Å². The Kier molecular flexibility index (Phi) is 3.69. The summed E-state index contributed by atoms with van der Waals surface area (Å²) in [6, 6.07) is 6.02. The number of hydrogen-bond acceptors (Lipinski definition) is 6. The first kappa shape index (κ1) is 15.9. The lowest BCUT2D eigenvalue weighted by Gasteiger charge is -2.24. The normalized spacial score (nSPS) is 16.1. The van der Waals surface area contributed by atoms with Gasteiger partial charge in [-0.1, -0.05) is 6.92 Å². The second-order valence-electron chi connectivity index (χ2n) is 5.98. The van der Waals surface area contributed by atoms with Crippen molar-refractivity contribution in [3.8, 4) is 17.6 Å². The number of nitriles is 1. The van der Waals surface area contributed by atoms with Gasteiger partial charge in [-0.3, -0.25) is 4.98 Å². The molecule has 1 aliphatic rings. The van der Waals surface area contributed by atoms with Crippen molar-refractivity contribution in [3.05, 3.63) is 65.5 Å². The smallest absolute Gasteiger partial charge is 0.224 e. The highest BCUT2D eigenvalue weighted by molar-refractivity contribution is 5.54. The first-order valence-corrected chi connectivity index (χ1v) is 8.21. The molecule has 1 unspecified atom stereocenters. The molecule has 1 atom stereocenters. The average Bonchev–Trinajstić information content (AvgIpc) is 3.29. The molecule has 0 fully saturated rings. The predicted molar refractivity (Wildman–Crippen MR) is 93.2 cm³/mol. The van der Waals surface area contributed by atoms with Crippen LogP contribution < -0.4 is 10.5 Å². The molecule has 0 saturated carbocycles. The van der Waals surface area contributed by atoms with Crippen molar-refractivity contribution in [2.75, 3.05) is 0 Å². The van der Waals surface area contributed by atoms with Crippen molar-refractivity contribution < 1.29 is 4.74 Å². The number of rotatable bonds is 3. The van der Waals surface area contributed by atoms with E-state index < -0.39 is 5.92 Å². The van der Waals surface area contributed by atoms with Gasteiger partial charge in [0.25, 0.3) is 0 Å². The highest BCUT2D eigenvalue weighted by Crippen LogP contribution is 2.43. The second-order valence-corrected chi connectivity index (χ2v) is 5.98. The molecule has 0 aliphatic carbocycles. The van der Waals surface area contributed by atoms with Gasteiger partial charge in [0.1, 0.15) is 11.6 Å². The lowest BCUT2D eigenvalue weighted by molar-refractivity contribution is 0.357. The molecule has 0 radical (unpaired) electrons. The largest absolute Gasteiger partial charge is 0.422 e.